The number of likely N-dealkylation sites (tertiary alicyclic amines) is 1. The molecule has 1 aliphatic carbocycles. The highest BCUT2D eigenvalue weighted by molar-refractivity contribution is 6.08. The van der Waals surface area contributed by atoms with E-state index < -0.39 is 18.1 Å². The molecule has 0 bridgehead atoms. The van der Waals surface area contributed by atoms with E-state index in [1.165, 1.54) is 6.07 Å². The first-order chi connectivity index (χ1) is 15.0. The molecule has 7 heteroatoms. The van der Waals surface area contributed by atoms with Crippen LogP contribution in [0.25, 0.3) is 21.7 Å². The number of hydrogen-bond acceptors (Lipinski definition) is 6. The maximum absolute atomic E-state index is 12.5. The van der Waals surface area contributed by atoms with Crippen molar-refractivity contribution < 1.29 is 23.5 Å². The summed E-state index contributed by atoms with van der Waals surface area (Å²) >= 11 is 0. The van der Waals surface area contributed by atoms with Gasteiger partial charge >= 0.3 is 11.6 Å². The zero-order valence-corrected chi connectivity index (χ0v) is 16.6. The molecule has 2 aliphatic rings. The third kappa shape index (κ3) is 3.32. The second kappa shape index (κ2) is 7.50. The Balaban J connectivity index is 1.37. The highest BCUT2D eigenvalue weighted by Crippen LogP contribution is 2.35. The summed E-state index contributed by atoms with van der Waals surface area (Å²) in [5.74, 6) is -2.13. The van der Waals surface area contributed by atoms with E-state index in [-0.39, 0.29) is 30.3 Å². The molecule has 0 radical (unpaired) electrons. The van der Waals surface area contributed by atoms with Crippen LogP contribution in [-0.2, 0) is 25.7 Å². The first-order valence-electron chi connectivity index (χ1n) is 10.1. The quantitative estimate of drug-likeness (QED) is 0.213. The van der Waals surface area contributed by atoms with E-state index in [1.807, 2.05) is 42.5 Å². The van der Waals surface area contributed by atoms with E-state index in [9.17, 15) is 19.2 Å². The minimum atomic E-state index is -0.699. The molecular weight excluding hydrogens is 398 g/mol. The molecule has 2 atom stereocenters. The fourth-order valence-corrected chi connectivity index (χ4v) is 4.49. The molecule has 1 aromatic heterocycles. The number of imide groups is 1. The zero-order chi connectivity index (χ0) is 21.5. The zero-order valence-electron chi connectivity index (χ0n) is 16.6. The highest BCUT2D eigenvalue weighted by Gasteiger charge is 2.47. The molecule has 156 valence electrons. The molecule has 1 saturated heterocycles. The molecule has 0 spiro atoms. The van der Waals surface area contributed by atoms with Gasteiger partial charge in [0.15, 0.2) is 0 Å². The third-order valence-electron chi connectivity index (χ3n) is 5.99. The van der Waals surface area contributed by atoms with Crippen LogP contribution in [0.15, 0.2) is 63.8 Å². The van der Waals surface area contributed by atoms with Gasteiger partial charge in [-0.2, -0.15) is 0 Å². The van der Waals surface area contributed by atoms with E-state index in [0.29, 0.717) is 29.4 Å². The number of fused-ring (bicyclic) bond motifs is 4. The van der Waals surface area contributed by atoms with Crippen molar-refractivity contribution in [1.82, 2.24) is 4.90 Å². The van der Waals surface area contributed by atoms with Gasteiger partial charge in [0, 0.05) is 17.0 Å². The third-order valence-corrected chi connectivity index (χ3v) is 5.99. The van der Waals surface area contributed by atoms with Crippen LogP contribution in [0, 0.1) is 11.8 Å². The van der Waals surface area contributed by atoms with Crippen molar-refractivity contribution in [3.63, 3.8) is 0 Å². The van der Waals surface area contributed by atoms with E-state index in [4.69, 9.17) is 9.15 Å². The molecule has 0 saturated carbocycles. The first-order valence-corrected chi connectivity index (χ1v) is 10.1. The molecule has 3 aromatic rings. The average molecular weight is 417 g/mol. The molecule has 0 unspecified atom stereocenters. The summed E-state index contributed by atoms with van der Waals surface area (Å²) in [7, 11) is 0. The average Bonchev–Trinajstić information content (AvgIpc) is 3.02. The number of esters is 1. The number of ether oxygens (including phenoxy) is 1. The van der Waals surface area contributed by atoms with Crippen molar-refractivity contribution in [3.05, 3.63) is 70.6 Å². The molecule has 2 aromatic carbocycles. The lowest BCUT2D eigenvalue weighted by Gasteiger charge is -2.14. The summed E-state index contributed by atoms with van der Waals surface area (Å²) in [4.78, 5) is 50.5. The van der Waals surface area contributed by atoms with E-state index >= 15 is 0 Å². The van der Waals surface area contributed by atoms with Crippen molar-refractivity contribution in [1.29, 1.82) is 0 Å². The van der Waals surface area contributed by atoms with Crippen molar-refractivity contribution in [2.75, 3.05) is 6.54 Å². The molecule has 5 rings (SSSR count). The Bertz CT molecular complexity index is 1290. The number of allylic oxidation sites excluding steroid dienone is 2. The van der Waals surface area contributed by atoms with Crippen LogP contribution in [-0.4, -0.2) is 29.2 Å². The Morgan fingerprint density at radius 2 is 1.71 bits per heavy atom. The fourth-order valence-electron chi connectivity index (χ4n) is 4.49. The van der Waals surface area contributed by atoms with Gasteiger partial charge in [0.25, 0.3) is 0 Å². The number of carbonyl (C=O) groups is 3. The summed E-state index contributed by atoms with van der Waals surface area (Å²) < 4.78 is 10.7. The minimum Gasteiger partial charge on any atom is -0.459 e. The van der Waals surface area contributed by atoms with Crippen molar-refractivity contribution in [2.45, 2.75) is 19.4 Å². The number of benzene rings is 2. The van der Waals surface area contributed by atoms with E-state index in [1.54, 1.807) is 6.07 Å². The van der Waals surface area contributed by atoms with Gasteiger partial charge in [-0.05, 0) is 29.7 Å². The second-order valence-corrected chi connectivity index (χ2v) is 7.83. The normalized spacial score (nSPS) is 20.5. The topological polar surface area (TPSA) is 93.9 Å². The molecule has 7 nitrogen and oxygen atoms in total. The predicted octanol–water partition coefficient (Wildman–Crippen LogP) is 2.94. The minimum absolute atomic E-state index is 0.167. The van der Waals surface area contributed by atoms with Gasteiger partial charge in [0.1, 0.15) is 18.7 Å². The van der Waals surface area contributed by atoms with Gasteiger partial charge in [-0.25, -0.2) is 4.79 Å². The Hall–Kier alpha value is -3.74. The molecular formula is C24H19NO6. The van der Waals surface area contributed by atoms with Gasteiger partial charge in [-0.3, -0.25) is 19.3 Å². The van der Waals surface area contributed by atoms with E-state index in [0.717, 1.165) is 15.7 Å². The van der Waals surface area contributed by atoms with Crippen LogP contribution in [0.4, 0.5) is 0 Å². The Labute approximate surface area is 176 Å². The fraction of sp³-hybridized carbons (Fsp3) is 0.250. The van der Waals surface area contributed by atoms with Crippen LogP contribution < -0.4 is 5.63 Å². The molecule has 2 amide bonds. The molecule has 1 aliphatic heterocycles. The number of carbonyl (C=O) groups excluding carboxylic acids is 3. The first kappa shape index (κ1) is 19.2. The molecule has 1 fully saturated rings. The summed E-state index contributed by atoms with van der Waals surface area (Å²) in [5.41, 5.74) is 0.363. The second-order valence-electron chi connectivity index (χ2n) is 7.83. The summed E-state index contributed by atoms with van der Waals surface area (Å²) in [6, 6.07) is 12.5. The van der Waals surface area contributed by atoms with Crippen LogP contribution in [0.2, 0.25) is 0 Å². The monoisotopic (exact) mass is 417 g/mol. The van der Waals surface area contributed by atoms with Gasteiger partial charge in [0.2, 0.25) is 11.8 Å². The summed E-state index contributed by atoms with van der Waals surface area (Å²) in [6.07, 6.45) is 4.81. The number of nitrogens with zero attached hydrogens (tertiary/aromatic N) is 1. The number of rotatable bonds is 4. The van der Waals surface area contributed by atoms with Crippen molar-refractivity contribution in [3.8, 4) is 0 Å². The van der Waals surface area contributed by atoms with Gasteiger partial charge < -0.3 is 9.15 Å². The number of amides is 2. The van der Waals surface area contributed by atoms with Crippen LogP contribution in [0.3, 0.4) is 0 Å². The van der Waals surface area contributed by atoms with Crippen LogP contribution in [0.1, 0.15) is 18.4 Å². The van der Waals surface area contributed by atoms with Gasteiger partial charge in [-0.15, -0.1) is 0 Å². The predicted molar refractivity (Wildman–Crippen MR) is 112 cm³/mol. The van der Waals surface area contributed by atoms with Gasteiger partial charge in [-0.1, -0.05) is 42.5 Å². The maximum atomic E-state index is 12.5. The van der Waals surface area contributed by atoms with Crippen molar-refractivity contribution in [2.24, 2.45) is 11.8 Å². The number of hydrogen-bond donors (Lipinski definition) is 0. The summed E-state index contributed by atoms with van der Waals surface area (Å²) in [5, 5.41) is 2.52. The summed E-state index contributed by atoms with van der Waals surface area (Å²) in [6.45, 7) is -0.593. The molecule has 0 N–H and O–H groups in total. The maximum Gasteiger partial charge on any atom is 0.336 e. The SMILES string of the molecule is O=C(CN1C(=O)[C@@H]2CC=CC[C@H]2C1=O)OCc1cc(=O)oc2ccc3ccccc3c12. The Morgan fingerprint density at radius 1 is 1.00 bits per heavy atom. The molecule has 2 heterocycles. The van der Waals surface area contributed by atoms with E-state index in [2.05, 4.69) is 0 Å². The van der Waals surface area contributed by atoms with Crippen LogP contribution >= 0.6 is 0 Å². The standard InChI is InChI=1S/C24H19NO6/c26-20-11-15(22-16-6-2-1-5-14(16)9-10-19(22)31-20)13-30-21(27)12-25-23(28)17-7-3-4-8-18(17)24(25)29/h1-6,9-11,17-18H,7-8,12-13H2/t17-,18-/m1/s1. The lowest BCUT2D eigenvalue weighted by molar-refractivity contribution is -0.153. The smallest absolute Gasteiger partial charge is 0.336 e. The largest absolute Gasteiger partial charge is 0.459 e. The van der Waals surface area contributed by atoms with Gasteiger partial charge in [0.05, 0.1) is 11.8 Å². The van der Waals surface area contributed by atoms with Crippen molar-refractivity contribution >= 4 is 39.5 Å². The lowest BCUT2D eigenvalue weighted by Crippen LogP contribution is -2.36. The molecule has 31 heavy (non-hydrogen) atoms. The van der Waals surface area contributed by atoms with Crippen LogP contribution in [0.5, 0.6) is 0 Å². The Morgan fingerprint density at radius 3 is 2.45 bits per heavy atom. The highest BCUT2D eigenvalue weighted by atomic mass is 16.5. The lowest BCUT2D eigenvalue weighted by atomic mass is 9.85. The Kier molecular flexibility index (Phi) is 4.66.